The molecule has 7 heteroatoms. The van der Waals surface area contributed by atoms with Crippen molar-refractivity contribution in [2.24, 2.45) is 0 Å². The lowest BCUT2D eigenvalue weighted by Crippen LogP contribution is -2.27. The van der Waals surface area contributed by atoms with Crippen LogP contribution in [0.3, 0.4) is 0 Å². The zero-order chi connectivity index (χ0) is 11.6. The first-order valence-electron chi connectivity index (χ1n) is 5.20. The highest BCUT2D eigenvalue weighted by atomic mass is 35.5. The molecular weight excluding hydrogens is 255 g/mol. The van der Waals surface area contributed by atoms with Crippen molar-refractivity contribution in [2.75, 3.05) is 6.54 Å². The van der Waals surface area contributed by atoms with Gasteiger partial charge in [0, 0.05) is 0 Å². The number of piperidine rings is 1. The molecule has 0 aromatic carbocycles. The van der Waals surface area contributed by atoms with E-state index < -0.39 is 11.9 Å². The van der Waals surface area contributed by atoms with Crippen LogP contribution in [-0.4, -0.2) is 16.5 Å². The SMILES string of the molecule is Cl.FC(F)(F)c1cnc(C2CCCCN2)cn1. The molecular formula is C10H13ClF3N3. The van der Waals surface area contributed by atoms with E-state index in [1.54, 1.807) is 0 Å². The Morgan fingerprint density at radius 2 is 1.94 bits per heavy atom. The van der Waals surface area contributed by atoms with Gasteiger partial charge in [-0.1, -0.05) is 6.42 Å². The summed E-state index contributed by atoms with van der Waals surface area (Å²) in [6, 6.07) is 0.0449. The fourth-order valence-corrected chi connectivity index (χ4v) is 1.77. The first kappa shape index (κ1) is 14.2. The van der Waals surface area contributed by atoms with E-state index in [-0.39, 0.29) is 18.4 Å². The van der Waals surface area contributed by atoms with Crippen LogP contribution >= 0.6 is 12.4 Å². The summed E-state index contributed by atoms with van der Waals surface area (Å²) >= 11 is 0. The van der Waals surface area contributed by atoms with E-state index in [0.29, 0.717) is 5.69 Å². The van der Waals surface area contributed by atoms with Crippen molar-refractivity contribution in [3.63, 3.8) is 0 Å². The molecule has 0 radical (unpaired) electrons. The van der Waals surface area contributed by atoms with Crippen LogP contribution in [0, 0.1) is 0 Å². The van der Waals surface area contributed by atoms with Gasteiger partial charge < -0.3 is 5.32 Å². The highest BCUT2D eigenvalue weighted by molar-refractivity contribution is 5.85. The lowest BCUT2D eigenvalue weighted by molar-refractivity contribution is -0.141. The molecule has 17 heavy (non-hydrogen) atoms. The Kier molecular flexibility index (Phi) is 4.70. The van der Waals surface area contributed by atoms with Crippen molar-refractivity contribution in [1.82, 2.24) is 15.3 Å². The molecule has 1 aliphatic heterocycles. The van der Waals surface area contributed by atoms with Crippen LogP contribution in [-0.2, 0) is 6.18 Å². The molecule has 1 fully saturated rings. The maximum Gasteiger partial charge on any atom is 0.434 e. The van der Waals surface area contributed by atoms with Gasteiger partial charge in [-0.2, -0.15) is 13.2 Å². The average Bonchev–Trinajstić information content (AvgIpc) is 2.29. The molecule has 1 aliphatic rings. The topological polar surface area (TPSA) is 37.8 Å². The standard InChI is InChI=1S/C10H12F3N3.ClH/c11-10(12,13)9-6-15-8(5-16-9)7-3-1-2-4-14-7;/h5-7,14H,1-4H2;1H. The predicted molar refractivity (Wildman–Crippen MR) is 58.9 cm³/mol. The molecule has 2 heterocycles. The maximum atomic E-state index is 12.2. The quantitative estimate of drug-likeness (QED) is 0.850. The molecule has 1 aromatic rings. The zero-order valence-corrected chi connectivity index (χ0v) is 9.81. The largest absolute Gasteiger partial charge is 0.434 e. The van der Waals surface area contributed by atoms with E-state index in [4.69, 9.17) is 0 Å². The molecule has 1 N–H and O–H groups in total. The maximum absolute atomic E-state index is 12.2. The predicted octanol–water partition coefficient (Wildman–Crippen LogP) is 2.73. The van der Waals surface area contributed by atoms with Gasteiger partial charge in [-0.05, 0) is 19.4 Å². The highest BCUT2D eigenvalue weighted by Crippen LogP contribution is 2.27. The molecule has 0 saturated carbocycles. The van der Waals surface area contributed by atoms with Gasteiger partial charge in [0.15, 0.2) is 5.69 Å². The molecule has 0 aliphatic carbocycles. The van der Waals surface area contributed by atoms with Crippen LogP contribution in [0.2, 0.25) is 0 Å². The van der Waals surface area contributed by atoms with Crippen molar-refractivity contribution >= 4 is 12.4 Å². The van der Waals surface area contributed by atoms with Crippen LogP contribution in [0.25, 0.3) is 0 Å². The van der Waals surface area contributed by atoms with Gasteiger partial charge >= 0.3 is 6.18 Å². The van der Waals surface area contributed by atoms with Crippen LogP contribution < -0.4 is 5.32 Å². The van der Waals surface area contributed by atoms with Crippen LogP contribution in [0.1, 0.15) is 36.7 Å². The molecule has 1 unspecified atom stereocenters. The lowest BCUT2D eigenvalue weighted by Gasteiger charge is -2.22. The van der Waals surface area contributed by atoms with Crippen LogP contribution in [0.4, 0.5) is 13.2 Å². The number of nitrogens with zero attached hydrogens (tertiary/aromatic N) is 2. The monoisotopic (exact) mass is 267 g/mol. The molecule has 0 spiro atoms. The van der Waals surface area contributed by atoms with Gasteiger partial charge in [0.05, 0.1) is 24.1 Å². The van der Waals surface area contributed by atoms with Gasteiger partial charge in [0.2, 0.25) is 0 Å². The minimum absolute atomic E-state index is 0. The zero-order valence-electron chi connectivity index (χ0n) is 9.00. The summed E-state index contributed by atoms with van der Waals surface area (Å²) < 4.78 is 36.7. The van der Waals surface area contributed by atoms with E-state index in [1.165, 1.54) is 6.20 Å². The average molecular weight is 268 g/mol. The van der Waals surface area contributed by atoms with E-state index in [0.717, 1.165) is 32.0 Å². The summed E-state index contributed by atoms with van der Waals surface area (Å²) in [4.78, 5) is 7.22. The minimum atomic E-state index is -4.41. The van der Waals surface area contributed by atoms with Gasteiger partial charge in [-0.25, -0.2) is 4.98 Å². The summed E-state index contributed by atoms with van der Waals surface area (Å²) in [7, 11) is 0. The lowest BCUT2D eigenvalue weighted by atomic mass is 10.0. The number of alkyl halides is 3. The Morgan fingerprint density at radius 1 is 1.18 bits per heavy atom. The smallest absolute Gasteiger partial charge is 0.309 e. The summed E-state index contributed by atoms with van der Waals surface area (Å²) in [6.07, 6.45) is 0.675. The Morgan fingerprint density at radius 3 is 2.41 bits per heavy atom. The van der Waals surface area contributed by atoms with Crippen molar-refractivity contribution < 1.29 is 13.2 Å². The Balaban J connectivity index is 0.00000144. The number of hydrogen-bond donors (Lipinski definition) is 1. The second kappa shape index (κ2) is 5.64. The third-order valence-electron chi connectivity index (χ3n) is 2.63. The minimum Gasteiger partial charge on any atom is -0.309 e. The first-order valence-corrected chi connectivity index (χ1v) is 5.20. The first-order chi connectivity index (χ1) is 7.57. The number of halogens is 4. The Bertz CT molecular complexity index is 347. The third kappa shape index (κ3) is 3.54. The number of rotatable bonds is 1. The van der Waals surface area contributed by atoms with E-state index >= 15 is 0 Å². The fourth-order valence-electron chi connectivity index (χ4n) is 1.77. The number of nitrogens with one attached hydrogen (secondary N) is 1. The Hall–Kier alpha value is -0.880. The second-order valence-electron chi connectivity index (χ2n) is 3.83. The molecule has 0 bridgehead atoms. The van der Waals surface area contributed by atoms with Crippen molar-refractivity contribution in [3.8, 4) is 0 Å². The van der Waals surface area contributed by atoms with E-state index in [9.17, 15) is 13.2 Å². The molecule has 1 atom stereocenters. The van der Waals surface area contributed by atoms with Gasteiger partial charge in [-0.15, -0.1) is 12.4 Å². The van der Waals surface area contributed by atoms with Crippen LogP contribution in [0.15, 0.2) is 12.4 Å². The third-order valence-corrected chi connectivity index (χ3v) is 2.63. The molecule has 96 valence electrons. The van der Waals surface area contributed by atoms with Gasteiger partial charge in [0.25, 0.3) is 0 Å². The highest BCUT2D eigenvalue weighted by Gasteiger charge is 2.33. The van der Waals surface area contributed by atoms with Gasteiger partial charge in [-0.3, -0.25) is 4.98 Å². The normalized spacial score (nSPS) is 20.8. The molecule has 2 rings (SSSR count). The molecule has 1 saturated heterocycles. The summed E-state index contributed by atoms with van der Waals surface area (Å²) in [5, 5.41) is 3.21. The van der Waals surface area contributed by atoms with Crippen LogP contribution in [0.5, 0.6) is 0 Å². The van der Waals surface area contributed by atoms with Gasteiger partial charge in [0.1, 0.15) is 0 Å². The van der Waals surface area contributed by atoms with E-state index in [1.807, 2.05) is 0 Å². The fraction of sp³-hybridized carbons (Fsp3) is 0.600. The van der Waals surface area contributed by atoms with Crippen molar-refractivity contribution in [3.05, 3.63) is 23.8 Å². The van der Waals surface area contributed by atoms with Crippen molar-refractivity contribution in [2.45, 2.75) is 31.5 Å². The molecule has 1 aromatic heterocycles. The Labute approximate surface area is 103 Å². The van der Waals surface area contributed by atoms with Crippen molar-refractivity contribution in [1.29, 1.82) is 0 Å². The molecule has 0 amide bonds. The second-order valence-corrected chi connectivity index (χ2v) is 3.83. The number of aromatic nitrogens is 2. The summed E-state index contributed by atoms with van der Waals surface area (Å²) in [5.41, 5.74) is -0.347. The van der Waals surface area contributed by atoms with E-state index in [2.05, 4.69) is 15.3 Å². The summed E-state index contributed by atoms with van der Waals surface area (Å²) in [5.74, 6) is 0. The molecule has 3 nitrogen and oxygen atoms in total. The number of hydrogen-bond acceptors (Lipinski definition) is 3. The summed E-state index contributed by atoms with van der Waals surface area (Å²) in [6.45, 7) is 0.882.